The maximum absolute atomic E-state index is 12.4. The summed E-state index contributed by atoms with van der Waals surface area (Å²) in [6.45, 7) is 2.24. The molecule has 2 aromatic rings. The van der Waals surface area contributed by atoms with Gasteiger partial charge in [0.25, 0.3) is 11.8 Å². The van der Waals surface area contributed by atoms with Crippen molar-refractivity contribution in [2.45, 2.75) is 18.9 Å². The predicted octanol–water partition coefficient (Wildman–Crippen LogP) is 2.59. The fraction of sp³-hybridized carbons (Fsp3) is 0.318. The van der Waals surface area contributed by atoms with Crippen molar-refractivity contribution in [3.63, 3.8) is 0 Å². The van der Waals surface area contributed by atoms with Gasteiger partial charge in [0, 0.05) is 39.0 Å². The van der Waals surface area contributed by atoms with E-state index in [4.69, 9.17) is 4.84 Å². The highest BCUT2D eigenvalue weighted by atomic mass is 16.7. The zero-order valence-electron chi connectivity index (χ0n) is 16.1. The zero-order valence-corrected chi connectivity index (χ0v) is 16.1. The number of hydroxylamine groups is 2. The van der Waals surface area contributed by atoms with E-state index in [1.807, 2.05) is 36.4 Å². The number of imide groups is 1. The second-order valence-electron chi connectivity index (χ2n) is 7.19. The summed E-state index contributed by atoms with van der Waals surface area (Å²) in [6.07, 6.45) is -0.463. The van der Waals surface area contributed by atoms with Crippen LogP contribution in [0.1, 0.15) is 30.0 Å². The molecule has 0 bridgehead atoms. The van der Waals surface area contributed by atoms with Crippen molar-refractivity contribution in [2.24, 2.45) is 0 Å². The number of rotatable bonds is 4. The van der Waals surface area contributed by atoms with Gasteiger partial charge in [-0.3, -0.25) is 14.5 Å². The third-order valence-electron chi connectivity index (χ3n) is 5.34. The molecule has 29 heavy (non-hydrogen) atoms. The predicted molar refractivity (Wildman–Crippen MR) is 105 cm³/mol. The Morgan fingerprint density at radius 2 is 1.24 bits per heavy atom. The number of benzene rings is 2. The van der Waals surface area contributed by atoms with E-state index in [1.165, 1.54) is 11.1 Å². The van der Waals surface area contributed by atoms with Crippen molar-refractivity contribution >= 4 is 17.9 Å². The van der Waals surface area contributed by atoms with E-state index in [-0.39, 0.29) is 18.9 Å². The molecule has 7 heteroatoms. The molecule has 0 aromatic heterocycles. The van der Waals surface area contributed by atoms with Gasteiger partial charge in [0.05, 0.1) is 6.04 Å². The van der Waals surface area contributed by atoms with Gasteiger partial charge in [-0.05, 0) is 11.1 Å². The minimum Gasteiger partial charge on any atom is -0.311 e. The van der Waals surface area contributed by atoms with Crippen LogP contribution in [0.15, 0.2) is 60.7 Å². The van der Waals surface area contributed by atoms with Crippen LogP contribution in [0.4, 0.5) is 4.79 Å². The quantitative estimate of drug-likeness (QED) is 0.747. The average Bonchev–Trinajstić information content (AvgIpc) is 3.08. The number of carbonyl (C=O) groups is 3. The molecule has 0 N–H and O–H groups in total. The highest BCUT2D eigenvalue weighted by Crippen LogP contribution is 2.29. The Kier molecular flexibility index (Phi) is 5.57. The van der Waals surface area contributed by atoms with Crippen molar-refractivity contribution in [1.82, 2.24) is 14.9 Å². The van der Waals surface area contributed by atoms with Crippen molar-refractivity contribution in [3.8, 4) is 0 Å². The summed E-state index contributed by atoms with van der Waals surface area (Å²) in [5.74, 6) is -0.926. The molecule has 0 atom stereocenters. The molecule has 0 aliphatic carbocycles. The minimum atomic E-state index is -0.649. The summed E-state index contributed by atoms with van der Waals surface area (Å²) in [4.78, 5) is 44.6. The lowest BCUT2D eigenvalue weighted by Crippen LogP contribution is -2.51. The molecular weight excluding hydrogens is 370 g/mol. The van der Waals surface area contributed by atoms with E-state index in [2.05, 4.69) is 29.2 Å². The van der Waals surface area contributed by atoms with E-state index in [1.54, 1.807) is 4.90 Å². The van der Waals surface area contributed by atoms with E-state index in [9.17, 15) is 14.4 Å². The Morgan fingerprint density at radius 1 is 0.759 bits per heavy atom. The standard InChI is InChI=1S/C22H23N3O4/c26-19-11-12-20(27)25(19)29-22(28)24-15-13-23(14-16-24)21(17-7-3-1-4-8-17)18-9-5-2-6-10-18/h1-10,21H,11-16H2. The molecule has 2 fully saturated rings. The average molecular weight is 393 g/mol. The second-order valence-corrected chi connectivity index (χ2v) is 7.19. The number of hydrogen-bond acceptors (Lipinski definition) is 5. The minimum absolute atomic E-state index is 0.0930. The van der Waals surface area contributed by atoms with Crippen LogP contribution in [-0.2, 0) is 14.4 Å². The number of piperazine rings is 1. The first-order valence-electron chi connectivity index (χ1n) is 9.80. The molecule has 4 rings (SSSR count). The van der Waals surface area contributed by atoms with E-state index < -0.39 is 17.9 Å². The molecule has 2 saturated heterocycles. The van der Waals surface area contributed by atoms with Crippen LogP contribution in [0.5, 0.6) is 0 Å². The third-order valence-corrected chi connectivity index (χ3v) is 5.34. The lowest BCUT2D eigenvalue weighted by molar-refractivity contribution is -0.174. The smallest absolute Gasteiger partial charge is 0.311 e. The van der Waals surface area contributed by atoms with E-state index in [0.717, 1.165) is 0 Å². The van der Waals surface area contributed by atoms with Crippen LogP contribution in [-0.4, -0.2) is 58.9 Å². The second kappa shape index (κ2) is 8.45. The first-order chi connectivity index (χ1) is 14.1. The summed E-state index contributed by atoms with van der Waals surface area (Å²) < 4.78 is 0. The molecule has 150 valence electrons. The Balaban J connectivity index is 1.44. The number of amides is 3. The van der Waals surface area contributed by atoms with Gasteiger partial charge < -0.3 is 9.74 Å². The van der Waals surface area contributed by atoms with Crippen molar-refractivity contribution in [2.75, 3.05) is 26.2 Å². The summed E-state index contributed by atoms with van der Waals surface area (Å²) >= 11 is 0. The zero-order chi connectivity index (χ0) is 20.2. The molecule has 0 radical (unpaired) electrons. The first-order valence-corrected chi connectivity index (χ1v) is 9.80. The van der Waals surface area contributed by atoms with Gasteiger partial charge >= 0.3 is 6.09 Å². The maximum atomic E-state index is 12.4. The third kappa shape index (κ3) is 4.14. The Morgan fingerprint density at radius 3 is 1.72 bits per heavy atom. The first kappa shape index (κ1) is 19.1. The van der Waals surface area contributed by atoms with Gasteiger partial charge in [0.1, 0.15) is 0 Å². The normalized spacial score (nSPS) is 17.8. The fourth-order valence-electron chi connectivity index (χ4n) is 3.84. The van der Waals surface area contributed by atoms with E-state index in [0.29, 0.717) is 31.2 Å². The highest BCUT2D eigenvalue weighted by Gasteiger charge is 2.35. The molecule has 0 unspecified atom stereocenters. The van der Waals surface area contributed by atoms with Crippen molar-refractivity contribution in [3.05, 3.63) is 71.8 Å². The van der Waals surface area contributed by atoms with Crippen LogP contribution in [0.25, 0.3) is 0 Å². The molecule has 0 saturated carbocycles. The van der Waals surface area contributed by atoms with Gasteiger partial charge in [-0.1, -0.05) is 60.7 Å². The van der Waals surface area contributed by atoms with Gasteiger partial charge in [-0.2, -0.15) is 0 Å². The number of carbonyl (C=O) groups excluding carboxylic acids is 3. The number of nitrogens with zero attached hydrogens (tertiary/aromatic N) is 3. The lowest BCUT2D eigenvalue weighted by Gasteiger charge is -2.39. The van der Waals surface area contributed by atoms with Gasteiger partial charge in [-0.15, -0.1) is 5.06 Å². The topological polar surface area (TPSA) is 70.2 Å². The van der Waals surface area contributed by atoms with E-state index >= 15 is 0 Å². The summed E-state index contributed by atoms with van der Waals surface area (Å²) in [7, 11) is 0. The summed E-state index contributed by atoms with van der Waals surface area (Å²) in [5, 5.41) is 0.603. The van der Waals surface area contributed by atoms with Crippen LogP contribution < -0.4 is 0 Å². The molecule has 7 nitrogen and oxygen atoms in total. The summed E-state index contributed by atoms with van der Waals surface area (Å²) in [6, 6.07) is 20.7. The lowest BCUT2D eigenvalue weighted by atomic mass is 9.96. The van der Waals surface area contributed by atoms with Gasteiger partial charge in [0.15, 0.2) is 0 Å². The summed E-state index contributed by atoms with van der Waals surface area (Å²) in [5.41, 5.74) is 2.39. The highest BCUT2D eigenvalue weighted by molar-refractivity contribution is 6.01. The van der Waals surface area contributed by atoms with Crippen molar-refractivity contribution < 1.29 is 19.2 Å². The molecular formula is C22H23N3O4. The maximum Gasteiger partial charge on any atom is 0.434 e. The molecule has 0 spiro atoms. The van der Waals surface area contributed by atoms with Crippen LogP contribution >= 0.6 is 0 Å². The molecule has 2 aliphatic heterocycles. The Hall–Kier alpha value is -3.19. The van der Waals surface area contributed by atoms with Crippen molar-refractivity contribution in [1.29, 1.82) is 0 Å². The van der Waals surface area contributed by atoms with Gasteiger partial charge in [0.2, 0.25) is 0 Å². The molecule has 2 aromatic carbocycles. The van der Waals surface area contributed by atoms with Crippen LogP contribution in [0, 0.1) is 0 Å². The Bertz CT molecular complexity index is 824. The molecule has 2 heterocycles. The van der Waals surface area contributed by atoms with Gasteiger partial charge in [-0.25, -0.2) is 4.79 Å². The van der Waals surface area contributed by atoms with Crippen LogP contribution in [0.2, 0.25) is 0 Å². The SMILES string of the molecule is O=C(ON1C(=O)CCC1=O)N1CCN(C(c2ccccc2)c2ccccc2)CC1. The monoisotopic (exact) mass is 393 g/mol. The molecule has 2 aliphatic rings. The number of hydrogen-bond donors (Lipinski definition) is 0. The molecule has 3 amide bonds. The fourth-order valence-corrected chi connectivity index (χ4v) is 3.84. The van der Waals surface area contributed by atoms with Crippen LogP contribution in [0.3, 0.4) is 0 Å². The largest absolute Gasteiger partial charge is 0.434 e. The Labute approximate surface area is 169 Å².